The maximum Gasteiger partial charge on any atom is 0.453 e. The van der Waals surface area contributed by atoms with Crippen LogP contribution in [0.1, 0.15) is 11.3 Å². The van der Waals surface area contributed by atoms with Gasteiger partial charge in [-0.3, -0.25) is 9.59 Å². The molecule has 40 heavy (non-hydrogen) atoms. The number of nitrogens with one attached hydrogen (secondary N) is 1. The number of carbonyl (C=O) groups excluding carboxylic acids is 1. The average molecular weight is 546 g/mol. The van der Waals surface area contributed by atoms with Crippen molar-refractivity contribution in [1.29, 1.82) is 0 Å². The molecule has 1 amide bonds. The summed E-state index contributed by atoms with van der Waals surface area (Å²) in [5.74, 6) is -2.93. The molecule has 1 N–H and O–H groups in total. The van der Waals surface area contributed by atoms with Crippen LogP contribution < -0.4 is 20.2 Å². The molecule has 202 valence electrons. The first-order valence-corrected chi connectivity index (χ1v) is 12.2. The van der Waals surface area contributed by atoms with Gasteiger partial charge in [0.25, 0.3) is 11.7 Å². The van der Waals surface area contributed by atoms with Gasteiger partial charge in [-0.25, -0.2) is 0 Å². The van der Waals surface area contributed by atoms with Crippen LogP contribution in [0.3, 0.4) is 0 Å². The molecule has 0 unspecified atom stereocenters. The molecule has 0 saturated heterocycles. The average Bonchev–Trinajstić information content (AvgIpc) is 2.95. The highest BCUT2D eigenvalue weighted by Gasteiger charge is 2.40. The van der Waals surface area contributed by atoms with E-state index in [2.05, 4.69) is 5.32 Å². The summed E-state index contributed by atoms with van der Waals surface area (Å²) in [7, 11) is 0. The third-order valence-corrected chi connectivity index (χ3v) is 6.05. The van der Waals surface area contributed by atoms with E-state index >= 15 is 0 Å². The molecule has 0 fully saturated rings. The lowest BCUT2D eigenvalue weighted by Gasteiger charge is -2.14. The number of hydrogen-bond donors (Lipinski definition) is 1. The second kappa shape index (κ2) is 11.0. The van der Waals surface area contributed by atoms with Crippen LogP contribution in [-0.2, 0) is 11.0 Å². The third kappa shape index (κ3) is 5.83. The summed E-state index contributed by atoms with van der Waals surface area (Å²) in [4.78, 5) is 25.4. The summed E-state index contributed by atoms with van der Waals surface area (Å²) >= 11 is 0. The maximum absolute atomic E-state index is 13.9. The molecule has 5 rings (SSSR count). The molecule has 0 bridgehead atoms. The smallest absolute Gasteiger partial charge is 0.453 e. The highest BCUT2D eigenvalue weighted by molar-refractivity contribution is 5.92. The van der Waals surface area contributed by atoms with E-state index in [1.165, 1.54) is 24.3 Å². The summed E-state index contributed by atoms with van der Waals surface area (Å²) in [5, 5.41) is 2.56. The number of alkyl halides is 3. The van der Waals surface area contributed by atoms with Crippen LogP contribution in [0.25, 0.3) is 22.1 Å². The normalized spacial score (nSPS) is 11.3. The molecule has 6 nitrogen and oxygen atoms in total. The number of benzene rings is 4. The lowest BCUT2D eigenvalue weighted by molar-refractivity contribution is -0.154. The quantitative estimate of drug-likeness (QED) is 0.228. The first kappa shape index (κ1) is 26.6. The molecular formula is C31H22F3NO5. The topological polar surface area (TPSA) is 77.8 Å². The fraction of sp³-hybridized carbons (Fsp3) is 0.0968. The predicted octanol–water partition coefficient (Wildman–Crippen LogP) is 7.60. The predicted molar refractivity (Wildman–Crippen MR) is 145 cm³/mol. The van der Waals surface area contributed by atoms with Crippen LogP contribution in [-0.4, -0.2) is 12.5 Å². The molecule has 0 spiro atoms. The summed E-state index contributed by atoms with van der Waals surface area (Å²) in [5.41, 5.74) is 1.85. The van der Waals surface area contributed by atoms with Crippen LogP contribution in [0.4, 0.5) is 18.9 Å². The van der Waals surface area contributed by atoms with Crippen LogP contribution in [0.5, 0.6) is 17.2 Å². The number of hydrogen-bond acceptors (Lipinski definition) is 5. The second-order valence-electron chi connectivity index (χ2n) is 8.89. The van der Waals surface area contributed by atoms with Crippen molar-refractivity contribution in [3.05, 3.63) is 119 Å². The third-order valence-electron chi connectivity index (χ3n) is 6.05. The number of carbonyl (C=O) groups is 1. The summed E-state index contributed by atoms with van der Waals surface area (Å²) < 4.78 is 57.8. The number of rotatable bonds is 7. The fourth-order valence-corrected chi connectivity index (χ4v) is 4.04. The van der Waals surface area contributed by atoms with Crippen LogP contribution >= 0.6 is 0 Å². The van der Waals surface area contributed by atoms with E-state index in [4.69, 9.17) is 13.9 Å². The van der Waals surface area contributed by atoms with E-state index in [9.17, 15) is 22.8 Å². The Balaban J connectivity index is 1.39. The maximum atomic E-state index is 13.9. The minimum atomic E-state index is -5.02. The summed E-state index contributed by atoms with van der Waals surface area (Å²) in [6.07, 6.45) is -5.02. The van der Waals surface area contributed by atoms with Gasteiger partial charge < -0.3 is 19.2 Å². The van der Waals surface area contributed by atoms with Crippen LogP contribution in [0.2, 0.25) is 0 Å². The fourth-order valence-electron chi connectivity index (χ4n) is 4.04. The summed E-state index contributed by atoms with van der Waals surface area (Å²) in [6.45, 7) is 1.42. The molecule has 1 aromatic heterocycles. The molecule has 9 heteroatoms. The van der Waals surface area contributed by atoms with Crippen molar-refractivity contribution >= 4 is 22.6 Å². The van der Waals surface area contributed by atoms with E-state index in [-0.39, 0.29) is 22.5 Å². The van der Waals surface area contributed by atoms with E-state index in [1.807, 2.05) is 49.4 Å². The van der Waals surface area contributed by atoms with Crippen molar-refractivity contribution in [1.82, 2.24) is 0 Å². The Morgan fingerprint density at radius 2 is 1.50 bits per heavy atom. The van der Waals surface area contributed by atoms with E-state index in [1.54, 1.807) is 24.3 Å². The number of aryl methyl sites for hydroxylation is 1. The first-order chi connectivity index (χ1) is 19.2. The van der Waals surface area contributed by atoms with Crippen molar-refractivity contribution < 1.29 is 31.9 Å². The van der Waals surface area contributed by atoms with Gasteiger partial charge in [0.2, 0.25) is 11.2 Å². The van der Waals surface area contributed by atoms with Crippen molar-refractivity contribution in [3.63, 3.8) is 0 Å². The van der Waals surface area contributed by atoms with E-state index < -0.39 is 35.6 Å². The Hall–Kier alpha value is -5.05. The van der Waals surface area contributed by atoms with Gasteiger partial charge in [-0.2, -0.15) is 13.2 Å². The molecule has 0 aliphatic rings. The molecule has 0 radical (unpaired) electrons. The molecule has 0 aliphatic heterocycles. The van der Waals surface area contributed by atoms with Gasteiger partial charge in [0.1, 0.15) is 17.1 Å². The van der Waals surface area contributed by atoms with Crippen molar-refractivity contribution in [2.24, 2.45) is 0 Å². The molecule has 0 atom stereocenters. The zero-order valence-corrected chi connectivity index (χ0v) is 21.1. The standard InChI is InChI=1S/C31H22F3NO5/c1-19-7-5-6-10-25(19)35-27(36)18-38-23-15-16-24-26(17-23)40-30(31(32,33)34)29(28(24)37)39-22-13-11-21(12-14-22)20-8-3-2-4-9-20/h2-17H,18H2,1H3,(H,35,36). The molecule has 5 aromatic rings. The van der Waals surface area contributed by atoms with Crippen molar-refractivity contribution in [2.75, 3.05) is 11.9 Å². The molecule has 0 aliphatic carbocycles. The van der Waals surface area contributed by atoms with E-state index in [0.29, 0.717) is 5.69 Å². The lowest BCUT2D eigenvalue weighted by Crippen LogP contribution is -2.20. The van der Waals surface area contributed by atoms with Crippen molar-refractivity contribution in [3.8, 4) is 28.4 Å². The van der Waals surface area contributed by atoms with Gasteiger partial charge in [-0.1, -0.05) is 60.7 Å². The van der Waals surface area contributed by atoms with Gasteiger partial charge in [0.15, 0.2) is 6.61 Å². The highest BCUT2D eigenvalue weighted by atomic mass is 19.4. The molecular weight excluding hydrogens is 523 g/mol. The number of amides is 1. The number of halogens is 3. The number of fused-ring (bicyclic) bond motifs is 1. The Labute approximate surface area is 226 Å². The highest BCUT2D eigenvalue weighted by Crippen LogP contribution is 2.39. The van der Waals surface area contributed by atoms with Gasteiger partial charge in [0.05, 0.1) is 5.39 Å². The second-order valence-corrected chi connectivity index (χ2v) is 8.89. The zero-order valence-electron chi connectivity index (χ0n) is 21.1. The number of anilines is 1. The van der Waals surface area contributed by atoms with Gasteiger partial charge >= 0.3 is 6.18 Å². The SMILES string of the molecule is Cc1ccccc1NC(=O)COc1ccc2c(=O)c(Oc3ccc(-c4ccccc4)cc3)c(C(F)(F)F)oc2c1. The van der Waals surface area contributed by atoms with Crippen LogP contribution in [0.15, 0.2) is 106 Å². The largest absolute Gasteiger partial charge is 0.484 e. The lowest BCUT2D eigenvalue weighted by atomic mass is 10.1. The molecule has 1 heterocycles. The Morgan fingerprint density at radius 1 is 0.850 bits per heavy atom. The van der Waals surface area contributed by atoms with Gasteiger partial charge in [0, 0.05) is 11.8 Å². The number of ether oxygens (including phenoxy) is 2. The van der Waals surface area contributed by atoms with Crippen LogP contribution in [0, 0.1) is 6.92 Å². The molecule has 4 aromatic carbocycles. The minimum absolute atomic E-state index is 0.0384. The Kier molecular flexibility index (Phi) is 7.29. The first-order valence-electron chi connectivity index (χ1n) is 12.2. The Morgan fingerprint density at radius 3 is 2.20 bits per heavy atom. The monoisotopic (exact) mass is 545 g/mol. The van der Waals surface area contributed by atoms with E-state index in [0.717, 1.165) is 22.8 Å². The van der Waals surface area contributed by atoms with Gasteiger partial charge in [-0.15, -0.1) is 0 Å². The number of para-hydroxylation sites is 1. The molecule has 0 saturated carbocycles. The van der Waals surface area contributed by atoms with Gasteiger partial charge in [-0.05, 0) is 53.9 Å². The zero-order chi connectivity index (χ0) is 28.3. The Bertz CT molecular complexity index is 1730. The minimum Gasteiger partial charge on any atom is -0.484 e. The van der Waals surface area contributed by atoms with Crippen molar-refractivity contribution in [2.45, 2.75) is 13.1 Å². The summed E-state index contributed by atoms with van der Waals surface area (Å²) in [6, 6.07) is 26.6.